The maximum absolute atomic E-state index is 13.2. The third-order valence-corrected chi connectivity index (χ3v) is 6.30. The highest BCUT2D eigenvalue weighted by molar-refractivity contribution is 7.65. The van der Waals surface area contributed by atoms with Crippen LogP contribution in [0.25, 0.3) is 0 Å². The van der Waals surface area contributed by atoms with E-state index >= 15 is 0 Å². The van der Waals surface area contributed by atoms with Crippen LogP contribution in [0.1, 0.15) is 34.3 Å². The summed E-state index contributed by atoms with van der Waals surface area (Å²) in [5.41, 5.74) is -4.63. The molecular weight excluding hydrogens is 345 g/mol. The number of rotatable bonds is 2. The maximum atomic E-state index is 13.2. The number of halogens is 6. The van der Waals surface area contributed by atoms with E-state index in [1.807, 2.05) is 0 Å². The molecule has 1 aliphatic rings. The second kappa shape index (κ2) is 6.30. The van der Waals surface area contributed by atoms with E-state index in [1.54, 1.807) is 0 Å². The Kier molecular flexibility index (Phi) is 4.95. The molecule has 1 aromatic carbocycles. The molecule has 0 N–H and O–H groups in total. The van der Waals surface area contributed by atoms with Crippen LogP contribution >= 0.6 is 7.92 Å². The quantitative estimate of drug-likeness (QED) is 0.445. The molecule has 2 nitrogen and oxygen atoms in total. The number of carbonyl (C=O) groups excluding carboxylic acids is 1. The summed E-state index contributed by atoms with van der Waals surface area (Å²) in [5, 5.41) is 0.0322. The van der Waals surface area contributed by atoms with Crippen molar-refractivity contribution in [2.24, 2.45) is 0 Å². The van der Waals surface area contributed by atoms with Crippen molar-refractivity contribution in [3.63, 3.8) is 0 Å². The normalized spacial score (nSPS) is 16.7. The van der Waals surface area contributed by atoms with Gasteiger partial charge in [-0.3, -0.25) is 0 Å². The molecule has 0 aromatic heterocycles. The van der Waals surface area contributed by atoms with Crippen LogP contribution in [0, 0.1) is 0 Å². The summed E-state index contributed by atoms with van der Waals surface area (Å²) in [4.78, 5) is 11.6. The molecule has 1 aromatic rings. The molecule has 0 saturated carbocycles. The maximum Gasteiger partial charge on any atom is 0.417 e. The van der Waals surface area contributed by atoms with Gasteiger partial charge in [0.2, 0.25) is 0 Å². The van der Waals surface area contributed by atoms with E-state index in [0.29, 0.717) is 24.5 Å². The third kappa shape index (κ3) is 3.79. The van der Waals surface area contributed by atoms with Gasteiger partial charge in [-0.1, -0.05) is 7.92 Å². The van der Waals surface area contributed by atoms with Crippen LogP contribution in [-0.4, -0.2) is 25.4 Å². The lowest BCUT2D eigenvalue weighted by Crippen LogP contribution is -2.24. The first-order chi connectivity index (χ1) is 10.6. The van der Waals surface area contributed by atoms with Crippen LogP contribution in [0.3, 0.4) is 0 Å². The van der Waals surface area contributed by atoms with Gasteiger partial charge in [-0.2, -0.15) is 26.3 Å². The predicted octanol–water partition coefficient (Wildman–Crippen LogP) is 4.41. The Morgan fingerprint density at radius 3 is 1.78 bits per heavy atom. The minimum absolute atomic E-state index is 0.0322. The van der Waals surface area contributed by atoms with E-state index in [9.17, 15) is 31.1 Å². The summed E-state index contributed by atoms with van der Waals surface area (Å²) in [6, 6.07) is 1.36. The highest BCUT2D eigenvalue weighted by Crippen LogP contribution is 2.46. The summed E-state index contributed by atoms with van der Waals surface area (Å²) < 4.78 is 83.4. The topological polar surface area (TPSA) is 26.3 Å². The van der Waals surface area contributed by atoms with Crippen LogP contribution in [-0.2, 0) is 17.1 Å². The molecular formula is C14H13F6O2P. The van der Waals surface area contributed by atoms with Crippen LogP contribution < -0.4 is 5.30 Å². The summed E-state index contributed by atoms with van der Waals surface area (Å²) in [5.74, 6) is -1.64. The second-order valence-corrected chi connectivity index (χ2v) is 7.59. The van der Waals surface area contributed by atoms with Gasteiger partial charge in [0, 0.05) is 0 Å². The fourth-order valence-electron chi connectivity index (χ4n) is 2.55. The highest BCUT2D eigenvalue weighted by atomic mass is 31.1. The highest BCUT2D eigenvalue weighted by Gasteiger charge is 2.44. The first kappa shape index (κ1) is 18.0. The Morgan fingerprint density at radius 2 is 1.43 bits per heavy atom. The number of carbonyl (C=O) groups is 1. The van der Waals surface area contributed by atoms with E-state index in [2.05, 4.69) is 4.74 Å². The number of ether oxygens (including phenoxy) is 1. The number of benzene rings is 1. The number of hydrogen-bond acceptors (Lipinski definition) is 2. The van der Waals surface area contributed by atoms with Crippen molar-refractivity contribution in [2.75, 3.05) is 19.4 Å². The van der Waals surface area contributed by atoms with Gasteiger partial charge >= 0.3 is 18.3 Å². The lowest BCUT2D eigenvalue weighted by atomic mass is 10.00. The monoisotopic (exact) mass is 358 g/mol. The standard InChI is InChI=1S/C14H13F6O2P/c1-22-12(21)11-9(13(15,16)17)6-8(23-4-2-3-5-23)7-10(11)14(18,19)20/h6-7H,2-5H2,1H3. The molecule has 0 amide bonds. The van der Waals surface area contributed by atoms with E-state index < -0.39 is 42.9 Å². The van der Waals surface area contributed by atoms with E-state index in [4.69, 9.17) is 0 Å². The lowest BCUT2D eigenvalue weighted by Gasteiger charge is -2.21. The first-order valence-corrected chi connectivity index (χ1v) is 8.42. The Hall–Kier alpha value is -1.30. The fraction of sp³-hybridized carbons (Fsp3) is 0.500. The molecule has 0 atom stereocenters. The van der Waals surface area contributed by atoms with Gasteiger partial charge in [-0.25, -0.2) is 4.79 Å². The molecule has 2 rings (SSSR count). The number of hydrogen-bond donors (Lipinski definition) is 0. The molecule has 1 aliphatic heterocycles. The second-order valence-electron chi connectivity index (χ2n) is 5.10. The average molecular weight is 358 g/mol. The van der Waals surface area contributed by atoms with E-state index in [0.717, 1.165) is 20.0 Å². The van der Waals surface area contributed by atoms with Crippen molar-refractivity contribution in [2.45, 2.75) is 25.2 Å². The van der Waals surface area contributed by atoms with Crippen molar-refractivity contribution in [1.29, 1.82) is 0 Å². The zero-order chi connectivity index (χ0) is 17.4. The van der Waals surface area contributed by atoms with Gasteiger partial charge in [-0.15, -0.1) is 0 Å². The number of esters is 1. The van der Waals surface area contributed by atoms with Crippen molar-refractivity contribution in [3.8, 4) is 0 Å². The molecule has 0 aliphatic carbocycles. The summed E-state index contributed by atoms with van der Waals surface area (Å²) in [6.07, 6.45) is -7.38. The lowest BCUT2D eigenvalue weighted by molar-refractivity contribution is -0.143. The molecule has 1 saturated heterocycles. The van der Waals surface area contributed by atoms with Crippen molar-refractivity contribution in [3.05, 3.63) is 28.8 Å². The molecule has 0 bridgehead atoms. The minimum atomic E-state index is -5.07. The number of methoxy groups -OCH3 is 1. The van der Waals surface area contributed by atoms with Gasteiger partial charge in [0.05, 0.1) is 23.8 Å². The van der Waals surface area contributed by atoms with Crippen LogP contribution in [0.5, 0.6) is 0 Å². The van der Waals surface area contributed by atoms with Crippen LogP contribution in [0.15, 0.2) is 12.1 Å². The van der Waals surface area contributed by atoms with Gasteiger partial charge < -0.3 is 4.74 Å². The Morgan fingerprint density at radius 1 is 1.00 bits per heavy atom. The number of alkyl halides is 6. The molecule has 0 radical (unpaired) electrons. The first-order valence-electron chi connectivity index (χ1n) is 6.71. The molecule has 1 fully saturated rings. The van der Waals surface area contributed by atoms with Gasteiger partial charge in [-0.05, 0) is 42.6 Å². The third-order valence-electron chi connectivity index (χ3n) is 3.59. The summed E-state index contributed by atoms with van der Waals surface area (Å²) >= 11 is 0. The molecule has 0 unspecified atom stereocenters. The molecule has 9 heteroatoms. The minimum Gasteiger partial charge on any atom is -0.465 e. The van der Waals surface area contributed by atoms with Crippen LogP contribution in [0.4, 0.5) is 26.3 Å². The van der Waals surface area contributed by atoms with Crippen molar-refractivity contribution >= 4 is 19.2 Å². The largest absolute Gasteiger partial charge is 0.465 e. The van der Waals surface area contributed by atoms with E-state index in [1.165, 1.54) is 0 Å². The van der Waals surface area contributed by atoms with Gasteiger partial charge in [0.25, 0.3) is 0 Å². The summed E-state index contributed by atoms with van der Waals surface area (Å²) in [6.45, 7) is 0. The van der Waals surface area contributed by atoms with Crippen molar-refractivity contribution < 1.29 is 35.9 Å². The van der Waals surface area contributed by atoms with Crippen molar-refractivity contribution in [1.82, 2.24) is 0 Å². The Balaban J connectivity index is 2.74. The van der Waals surface area contributed by atoms with Crippen LogP contribution in [0.2, 0.25) is 0 Å². The average Bonchev–Trinajstić information content (AvgIpc) is 2.97. The zero-order valence-electron chi connectivity index (χ0n) is 12.0. The molecule has 23 heavy (non-hydrogen) atoms. The molecule has 1 heterocycles. The SMILES string of the molecule is COC(=O)c1c(C(F)(F)F)cc(P2CCCC2)cc1C(F)(F)F. The van der Waals surface area contributed by atoms with Gasteiger partial charge in [0.15, 0.2) is 0 Å². The van der Waals surface area contributed by atoms with E-state index in [-0.39, 0.29) is 5.30 Å². The predicted molar refractivity (Wildman–Crippen MR) is 73.3 cm³/mol. The molecule has 128 valence electrons. The molecule has 0 spiro atoms. The Labute approximate surface area is 129 Å². The zero-order valence-corrected chi connectivity index (χ0v) is 12.9. The Bertz CT molecular complexity index is 567. The smallest absolute Gasteiger partial charge is 0.417 e. The summed E-state index contributed by atoms with van der Waals surface area (Å²) in [7, 11) is -0.307. The van der Waals surface area contributed by atoms with Gasteiger partial charge in [0.1, 0.15) is 0 Å². The fourth-order valence-corrected chi connectivity index (χ4v) is 5.13.